The smallest absolute Gasteiger partial charge is 0.246 e. The molecule has 5 rings (SSSR count). The lowest BCUT2D eigenvalue weighted by Crippen LogP contribution is -2.31. The molecule has 0 aromatic heterocycles. The molecule has 1 saturated heterocycles. The third kappa shape index (κ3) is 2.72. The number of carbonyl (C=O) groups is 1. The van der Waals surface area contributed by atoms with Crippen molar-refractivity contribution in [3.8, 4) is 11.8 Å². The molecule has 158 valence electrons. The summed E-state index contributed by atoms with van der Waals surface area (Å²) in [5.74, 6) is -0.552. The van der Waals surface area contributed by atoms with E-state index < -0.39 is 15.4 Å². The van der Waals surface area contributed by atoms with Gasteiger partial charge in [0, 0.05) is 29.6 Å². The number of hydrogen-bond donors (Lipinski definition) is 1. The molecule has 0 amide bonds. The molecule has 2 aliphatic carbocycles. The maximum absolute atomic E-state index is 13.6. The monoisotopic (exact) mass is 434 g/mol. The summed E-state index contributed by atoms with van der Waals surface area (Å²) < 4.78 is 27.6. The van der Waals surface area contributed by atoms with Gasteiger partial charge in [-0.05, 0) is 65.8 Å². The lowest BCUT2D eigenvalue weighted by atomic mass is 9.68. The second-order valence-corrected chi connectivity index (χ2v) is 10.9. The van der Waals surface area contributed by atoms with Crippen molar-refractivity contribution < 1.29 is 18.3 Å². The highest BCUT2D eigenvalue weighted by atomic mass is 32.2. The summed E-state index contributed by atoms with van der Waals surface area (Å²) in [6.07, 6.45) is 2.12. The molecule has 3 aliphatic rings. The van der Waals surface area contributed by atoms with Crippen molar-refractivity contribution >= 4 is 21.4 Å². The summed E-state index contributed by atoms with van der Waals surface area (Å²) in [4.78, 5) is 13.4. The Bertz CT molecular complexity index is 1340. The van der Waals surface area contributed by atoms with Gasteiger partial charge >= 0.3 is 0 Å². The van der Waals surface area contributed by atoms with Crippen molar-refractivity contribution in [2.45, 2.75) is 43.4 Å². The molecule has 1 aliphatic heterocycles. The molecule has 1 heterocycles. The lowest BCUT2D eigenvalue weighted by Gasteiger charge is -2.35. The van der Waals surface area contributed by atoms with E-state index in [1.807, 2.05) is 19.9 Å². The molecule has 0 unspecified atom stereocenters. The number of aromatic hydroxyl groups is 1. The molecule has 0 radical (unpaired) electrons. The number of rotatable bonds is 2. The van der Waals surface area contributed by atoms with E-state index in [0.29, 0.717) is 41.8 Å². The Morgan fingerprint density at radius 3 is 2.48 bits per heavy atom. The number of benzene rings is 2. The zero-order valence-corrected chi connectivity index (χ0v) is 18.2. The average Bonchev–Trinajstić information content (AvgIpc) is 3.40. The minimum Gasteiger partial charge on any atom is -0.507 e. The van der Waals surface area contributed by atoms with Crippen LogP contribution in [0.4, 0.5) is 0 Å². The Hall–Kier alpha value is -2.95. The molecule has 1 fully saturated rings. The number of nitrogens with zero attached hydrogens (tertiary/aromatic N) is 2. The van der Waals surface area contributed by atoms with Gasteiger partial charge in [-0.25, -0.2) is 8.42 Å². The summed E-state index contributed by atoms with van der Waals surface area (Å²) in [6, 6.07) is 10.3. The summed E-state index contributed by atoms with van der Waals surface area (Å²) in [5.41, 5.74) is 4.16. The Labute approximate surface area is 181 Å². The van der Waals surface area contributed by atoms with Crippen LogP contribution in [0, 0.1) is 11.3 Å². The zero-order chi connectivity index (χ0) is 22.1. The zero-order valence-electron chi connectivity index (χ0n) is 17.4. The average molecular weight is 435 g/mol. The Balaban J connectivity index is 1.69. The van der Waals surface area contributed by atoms with Crippen LogP contribution in [0.5, 0.6) is 5.75 Å². The fourth-order valence-corrected chi connectivity index (χ4v) is 6.74. The quantitative estimate of drug-likeness (QED) is 0.780. The number of hydrogen-bond acceptors (Lipinski definition) is 5. The van der Waals surface area contributed by atoms with Gasteiger partial charge in [0.05, 0.1) is 11.6 Å². The molecule has 6 nitrogen and oxygen atoms in total. The van der Waals surface area contributed by atoms with E-state index in [-0.39, 0.29) is 16.4 Å². The lowest BCUT2D eigenvalue weighted by molar-refractivity contribution is 0.105. The first-order valence-electron chi connectivity index (χ1n) is 10.4. The number of allylic oxidation sites excluding steroid dienone is 2. The fourth-order valence-electron chi connectivity index (χ4n) is 5.13. The van der Waals surface area contributed by atoms with E-state index in [2.05, 4.69) is 6.07 Å². The van der Waals surface area contributed by atoms with Gasteiger partial charge in [0.1, 0.15) is 10.6 Å². The first-order chi connectivity index (χ1) is 14.7. The summed E-state index contributed by atoms with van der Waals surface area (Å²) in [7, 11) is -3.88. The molecule has 2 aromatic rings. The second-order valence-electron chi connectivity index (χ2n) is 8.94. The highest BCUT2D eigenvalue weighted by Crippen LogP contribution is 2.51. The number of Topliss-reactive ketones (excluding diaryl/α,β-unsaturated/α-hetero) is 1. The van der Waals surface area contributed by atoms with Crippen molar-refractivity contribution in [2.75, 3.05) is 13.1 Å². The van der Waals surface area contributed by atoms with Crippen molar-refractivity contribution in [3.05, 3.63) is 63.7 Å². The van der Waals surface area contributed by atoms with Crippen LogP contribution < -0.4 is 0 Å². The molecule has 7 heteroatoms. The van der Waals surface area contributed by atoms with Crippen molar-refractivity contribution in [1.29, 1.82) is 5.26 Å². The number of phenolic OH excluding ortho intramolecular Hbond substituents is 1. The van der Waals surface area contributed by atoms with E-state index in [9.17, 15) is 23.6 Å². The normalized spacial score (nSPS) is 19.7. The second kappa shape index (κ2) is 6.52. The minimum atomic E-state index is -3.88. The number of carbonyl (C=O) groups excluding carboxylic acids is 1. The highest BCUT2D eigenvalue weighted by Gasteiger charge is 2.44. The largest absolute Gasteiger partial charge is 0.507 e. The van der Waals surface area contributed by atoms with Gasteiger partial charge in [-0.2, -0.15) is 9.57 Å². The van der Waals surface area contributed by atoms with E-state index in [1.54, 1.807) is 12.1 Å². The molecule has 0 spiro atoms. The Kier molecular flexibility index (Phi) is 4.20. The maximum atomic E-state index is 13.6. The number of phenols is 1. The van der Waals surface area contributed by atoms with Crippen LogP contribution in [0.3, 0.4) is 0 Å². The third-order valence-corrected chi connectivity index (χ3v) is 8.78. The molecule has 0 saturated carbocycles. The highest BCUT2D eigenvalue weighted by molar-refractivity contribution is 7.89. The molecule has 31 heavy (non-hydrogen) atoms. The van der Waals surface area contributed by atoms with Gasteiger partial charge in [-0.1, -0.05) is 19.9 Å². The van der Waals surface area contributed by atoms with Crippen LogP contribution in [-0.2, 0) is 21.9 Å². The van der Waals surface area contributed by atoms with E-state index in [0.717, 1.165) is 29.5 Å². The third-order valence-electron chi connectivity index (χ3n) is 6.85. The topological polar surface area (TPSA) is 98.5 Å². The van der Waals surface area contributed by atoms with Crippen LogP contribution in [0.2, 0.25) is 0 Å². The standard InChI is InChI=1S/C24H22N2O4S/c1-24(2)18-12-20(27)21(31(29,30)26-7-3-4-8-26)11-17(18)23(28)22-16-6-5-14(13-25)9-15(16)10-19(22)24/h5-6,9,11-12,27H,3-4,7-8,10H2,1-2H3. The minimum absolute atomic E-state index is 0.209. The van der Waals surface area contributed by atoms with Gasteiger partial charge in [-0.3, -0.25) is 4.79 Å². The predicted octanol–water partition coefficient (Wildman–Crippen LogP) is 3.53. The molecule has 1 N–H and O–H groups in total. The Morgan fingerprint density at radius 2 is 1.81 bits per heavy atom. The van der Waals surface area contributed by atoms with E-state index >= 15 is 0 Å². The van der Waals surface area contributed by atoms with Crippen molar-refractivity contribution in [1.82, 2.24) is 4.31 Å². The van der Waals surface area contributed by atoms with Gasteiger partial charge in [0.15, 0.2) is 5.78 Å². The van der Waals surface area contributed by atoms with Gasteiger partial charge < -0.3 is 5.11 Å². The molecule has 0 atom stereocenters. The van der Waals surface area contributed by atoms with Crippen molar-refractivity contribution in [3.63, 3.8) is 0 Å². The summed E-state index contributed by atoms with van der Waals surface area (Å²) >= 11 is 0. The molecule has 2 aromatic carbocycles. The first kappa shape index (κ1) is 20.0. The number of fused-ring (bicyclic) bond motifs is 3. The fraction of sp³-hybridized carbons (Fsp3) is 0.333. The maximum Gasteiger partial charge on any atom is 0.246 e. The van der Waals surface area contributed by atoms with Gasteiger partial charge in [0.25, 0.3) is 0 Å². The molecular formula is C24H22N2O4S. The van der Waals surface area contributed by atoms with Gasteiger partial charge in [-0.15, -0.1) is 0 Å². The molecular weight excluding hydrogens is 412 g/mol. The van der Waals surface area contributed by atoms with Crippen LogP contribution in [-0.4, -0.2) is 36.7 Å². The summed E-state index contributed by atoms with van der Waals surface area (Å²) in [6.45, 7) is 4.81. The van der Waals surface area contributed by atoms with Crippen molar-refractivity contribution in [2.24, 2.45) is 0 Å². The molecule has 0 bridgehead atoms. The first-order valence-corrected chi connectivity index (χ1v) is 11.8. The van der Waals surface area contributed by atoms with Crippen LogP contribution in [0.15, 0.2) is 40.8 Å². The number of ketones is 1. The number of nitriles is 1. The van der Waals surface area contributed by atoms with E-state index in [1.165, 1.54) is 16.4 Å². The van der Waals surface area contributed by atoms with E-state index in [4.69, 9.17) is 0 Å². The Morgan fingerprint density at radius 1 is 1.10 bits per heavy atom. The SMILES string of the molecule is CC1(C)C2=C(C(=O)c3cc(S(=O)(=O)N4CCCC4)c(O)cc31)c1ccc(C#N)cc1C2. The van der Waals surface area contributed by atoms with Crippen LogP contribution in [0.25, 0.3) is 5.57 Å². The summed E-state index contributed by atoms with van der Waals surface area (Å²) in [5, 5.41) is 19.9. The van der Waals surface area contributed by atoms with Crippen LogP contribution >= 0.6 is 0 Å². The number of sulfonamides is 1. The predicted molar refractivity (Wildman–Crippen MR) is 115 cm³/mol. The van der Waals surface area contributed by atoms with Crippen LogP contribution in [0.1, 0.15) is 59.3 Å². The van der Waals surface area contributed by atoms with Gasteiger partial charge in [0.2, 0.25) is 10.0 Å².